The molecule has 8 heteroatoms. The number of furan rings is 1. The normalized spacial score (nSPS) is 15.2. The number of aromatic nitrogens is 3. The van der Waals surface area contributed by atoms with Gasteiger partial charge in [0.2, 0.25) is 0 Å². The summed E-state index contributed by atoms with van der Waals surface area (Å²) < 4.78 is 35.1. The molecule has 0 saturated carbocycles. The number of halogens is 2. The zero-order valence-electron chi connectivity index (χ0n) is 15.5. The highest BCUT2D eigenvalue weighted by Crippen LogP contribution is 2.37. The molecule has 4 aromatic rings. The van der Waals surface area contributed by atoms with Gasteiger partial charge in [0.25, 0.3) is 0 Å². The average molecular weight is 395 g/mol. The molecule has 0 unspecified atom stereocenters. The van der Waals surface area contributed by atoms with Crippen LogP contribution in [-0.4, -0.2) is 27.9 Å². The first-order valence-electron chi connectivity index (χ1n) is 9.48. The van der Waals surface area contributed by atoms with Gasteiger partial charge in [-0.1, -0.05) is 0 Å². The molecule has 1 aliphatic rings. The Hall–Kier alpha value is -3.26. The Balaban J connectivity index is 1.59. The third-order valence-corrected chi connectivity index (χ3v) is 5.33. The van der Waals surface area contributed by atoms with Gasteiger partial charge < -0.3 is 15.5 Å². The second kappa shape index (κ2) is 6.97. The van der Waals surface area contributed by atoms with Gasteiger partial charge in [0.05, 0.1) is 12.2 Å². The second-order valence-corrected chi connectivity index (χ2v) is 7.26. The number of piperidine rings is 1. The summed E-state index contributed by atoms with van der Waals surface area (Å²) in [6.07, 6.45) is 7.52. The Kier molecular flexibility index (Phi) is 4.28. The van der Waals surface area contributed by atoms with Crippen molar-refractivity contribution in [2.45, 2.75) is 18.9 Å². The molecule has 0 amide bonds. The third-order valence-electron chi connectivity index (χ3n) is 5.33. The smallest absolute Gasteiger partial charge is 0.177 e. The van der Waals surface area contributed by atoms with E-state index in [0.717, 1.165) is 48.5 Å². The number of nitrogens with two attached hydrogens (primary N) is 1. The van der Waals surface area contributed by atoms with Crippen LogP contribution in [0.2, 0.25) is 0 Å². The molecule has 1 saturated heterocycles. The van der Waals surface area contributed by atoms with E-state index in [1.807, 2.05) is 10.9 Å². The summed E-state index contributed by atoms with van der Waals surface area (Å²) >= 11 is 0. The molecule has 3 aromatic heterocycles. The van der Waals surface area contributed by atoms with Crippen LogP contribution in [0.25, 0.3) is 33.4 Å². The highest BCUT2D eigenvalue weighted by atomic mass is 19.1. The highest BCUT2D eigenvalue weighted by molar-refractivity contribution is 6.00. The van der Waals surface area contributed by atoms with Gasteiger partial charge in [-0.15, -0.1) is 0 Å². The molecule has 29 heavy (non-hydrogen) atoms. The monoisotopic (exact) mass is 395 g/mol. The summed E-state index contributed by atoms with van der Waals surface area (Å²) in [4.78, 5) is 4.24. The van der Waals surface area contributed by atoms with E-state index in [1.54, 1.807) is 18.5 Å². The van der Waals surface area contributed by atoms with Crippen LogP contribution in [0.15, 0.2) is 47.3 Å². The lowest BCUT2D eigenvalue weighted by Crippen LogP contribution is -2.29. The van der Waals surface area contributed by atoms with E-state index < -0.39 is 11.6 Å². The van der Waals surface area contributed by atoms with Crippen molar-refractivity contribution in [3.05, 3.63) is 54.5 Å². The first-order chi connectivity index (χ1) is 14.1. The maximum atomic E-state index is 13.6. The fourth-order valence-electron chi connectivity index (χ4n) is 3.86. The molecular weight excluding hydrogens is 376 g/mol. The number of nitrogen functional groups attached to an aromatic ring is 1. The zero-order valence-corrected chi connectivity index (χ0v) is 15.5. The fourth-order valence-corrected chi connectivity index (χ4v) is 3.86. The number of nitrogens with zero attached hydrogens (tertiary/aromatic N) is 3. The summed E-state index contributed by atoms with van der Waals surface area (Å²) in [5.41, 5.74) is 8.38. The van der Waals surface area contributed by atoms with Crippen molar-refractivity contribution in [1.82, 2.24) is 20.1 Å². The van der Waals surface area contributed by atoms with Crippen LogP contribution in [0, 0.1) is 11.6 Å². The summed E-state index contributed by atoms with van der Waals surface area (Å²) in [6, 6.07) is 5.36. The number of nitrogens with one attached hydrogen (secondary N) is 1. The van der Waals surface area contributed by atoms with Crippen LogP contribution in [0.4, 0.5) is 14.6 Å². The van der Waals surface area contributed by atoms with E-state index in [4.69, 9.17) is 10.2 Å². The lowest BCUT2D eigenvalue weighted by atomic mass is 10.1. The van der Waals surface area contributed by atoms with Crippen LogP contribution in [-0.2, 0) is 0 Å². The lowest BCUT2D eigenvalue weighted by Gasteiger charge is -2.22. The largest absolute Gasteiger partial charge is 0.452 e. The van der Waals surface area contributed by atoms with Crippen LogP contribution in [0.1, 0.15) is 18.9 Å². The molecule has 0 radical (unpaired) electrons. The van der Waals surface area contributed by atoms with Crippen LogP contribution >= 0.6 is 0 Å². The molecule has 0 atom stereocenters. The number of hydrogen-bond donors (Lipinski definition) is 2. The SMILES string of the molecule is Nc1ncc(-c2cnn(C3CCNCC3)c2)c2cc(-c3cc(F)cc(F)c3)oc12. The van der Waals surface area contributed by atoms with Gasteiger partial charge in [-0.25, -0.2) is 13.8 Å². The molecule has 1 fully saturated rings. The molecular formula is C21H19F2N5O. The van der Waals surface area contributed by atoms with Crippen molar-refractivity contribution in [2.75, 3.05) is 18.8 Å². The first-order valence-corrected chi connectivity index (χ1v) is 9.48. The number of pyridine rings is 1. The van der Waals surface area contributed by atoms with Gasteiger partial charge in [0, 0.05) is 40.5 Å². The number of anilines is 1. The van der Waals surface area contributed by atoms with Crippen molar-refractivity contribution in [1.29, 1.82) is 0 Å². The van der Waals surface area contributed by atoms with Crippen LogP contribution in [0.3, 0.4) is 0 Å². The van der Waals surface area contributed by atoms with Crippen molar-refractivity contribution in [2.24, 2.45) is 0 Å². The van der Waals surface area contributed by atoms with E-state index in [0.29, 0.717) is 22.9 Å². The Morgan fingerprint density at radius 3 is 2.55 bits per heavy atom. The van der Waals surface area contributed by atoms with Gasteiger partial charge in [-0.3, -0.25) is 4.68 Å². The number of fused-ring (bicyclic) bond motifs is 1. The maximum Gasteiger partial charge on any atom is 0.177 e. The van der Waals surface area contributed by atoms with Crippen molar-refractivity contribution in [3.8, 4) is 22.5 Å². The van der Waals surface area contributed by atoms with Crippen molar-refractivity contribution < 1.29 is 13.2 Å². The molecule has 1 aliphatic heterocycles. The molecule has 1 aromatic carbocycles. The standard InChI is InChI=1S/C21H19F2N5O/c22-14-5-12(6-15(23)7-14)19-8-17-18(10-26-21(24)20(17)29-19)13-9-27-28(11-13)16-1-3-25-4-2-16/h5-11,16,25H,1-4H2,(H2,24,26). The topological polar surface area (TPSA) is 81.9 Å². The highest BCUT2D eigenvalue weighted by Gasteiger charge is 2.19. The van der Waals surface area contributed by atoms with Crippen molar-refractivity contribution in [3.63, 3.8) is 0 Å². The molecule has 5 rings (SSSR count). The molecule has 6 nitrogen and oxygen atoms in total. The summed E-state index contributed by atoms with van der Waals surface area (Å²) in [7, 11) is 0. The predicted octanol–water partition coefficient (Wildman–Crippen LogP) is 4.14. The number of benzene rings is 1. The molecule has 3 N–H and O–H groups in total. The van der Waals surface area contributed by atoms with Gasteiger partial charge >= 0.3 is 0 Å². The Morgan fingerprint density at radius 2 is 1.79 bits per heavy atom. The Bertz CT molecular complexity index is 1170. The number of rotatable bonds is 3. The van der Waals surface area contributed by atoms with Crippen LogP contribution < -0.4 is 11.1 Å². The van der Waals surface area contributed by atoms with Gasteiger partial charge in [-0.2, -0.15) is 5.10 Å². The van der Waals surface area contributed by atoms with E-state index >= 15 is 0 Å². The van der Waals surface area contributed by atoms with Crippen LogP contribution in [0.5, 0.6) is 0 Å². The van der Waals surface area contributed by atoms with Crippen molar-refractivity contribution >= 4 is 16.8 Å². The van der Waals surface area contributed by atoms with E-state index in [-0.39, 0.29) is 5.82 Å². The molecule has 0 bridgehead atoms. The van der Waals surface area contributed by atoms with E-state index in [9.17, 15) is 8.78 Å². The zero-order chi connectivity index (χ0) is 20.0. The third kappa shape index (κ3) is 3.25. The predicted molar refractivity (Wildman–Crippen MR) is 106 cm³/mol. The Labute approximate surface area is 165 Å². The lowest BCUT2D eigenvalue weighted by molar-refractivity contribution is 0.343. The van der Waals surface area contributed by atoms with E-state index in [2.05, 4.69) is 15.4 Å². The molecule has 148 valence electrons. The molecule has 0 spiro atoms. The van der Waals surface area contributed by atoms with Gasteiger partial charge in [0.1, 0.15) is 17.4 Å². The van der Waals surface area contributed by atoms with E-state index in [1.165, 1.54) is 12.1 Å². The minimum absolute atomic E-state index is 0.220. The minimum Gasteiger partial charge on any atom is -0.452 e. The first kappa shape index (κ1) is 17.8. The quantitative estimate of drug-likeness (QED) is 0.545. The maximum absolute atomic E-state index is 13.6. The number of hydrogen-bond acceptors (Lipinski definition) is 5. The summed E-state index contributed by atoms with van der Waals surface area (Å²) in [5.74, 6) is -0.798. The molecule has 0 aliphatic carbocycles. The summed E-state index contributed by atoms with van der Waals surface area (Å²) in [5, 5.41) is 8.61. The fraction of sp³-hybridized carbons (Fsp3) is 0.238. The second-order valence-electron chi connectivity index (χ2n) is 7.26. The average Bonchev–Trinajstić information content (AvgIpc) is 3.37. The minimum atomic E-state index is -0.671. The van der Waals surface area contributed by atoms with Gasteiger partial charge in [-0.05, 0) is 44.1 Å². The Morgan fingerprint density at radius 1 is 1.03 bits per heavy atom. The summed E-state index contributed by atoms with van der Waals surface area (Å²) in [6.45, 7) is 1.95. The van der Waals surface area contributed by atoms with Gasteiger partial charge in [0.15, 0.2) is 11.4 Å². The molecule has 4 heterocycles.